The van der Waals surface area contributed by atoms with Gasteiger partial charge in [0.15, 0.2) is 0 Å². The van der Waals surface area contributed by atoms with Gasteiger partial charge in [-0.3, -0.25) is 9.59 Å². The van der Waals surface area contributed by atoms with Gasteiger partial charge in [0.2, 0.25) is 5.91 Å². The van der Waals surface area contributed by atoms with Crippen LogP contribution in [0.4, 0.5) is 13.2 Å². The van der Waals surface area contributed by atoms with Crippen molar-refractivity contribution in [3.05, 3.63) is 71.0 Å². The van der Waals surface area contributed by atoms with Gasteiger partial charge < -0.3 is 10.2 Å². The number of rotatable bonds is 5. The normalized spacial score (nSPS) is 16.4. The van der Waals surface area contributed by atoms with E-state index in [1.165, 1.54) is 12.1 Å². The molecule has 0 saturated carbocycles. The van der Waals surface area contributed by atoms with Gasteiger partial charge in [0, 0.05) is 25.6 Å². The Morgan fingerprint density at radius 3 is 2.44 bits per heavy atom. The number of carbonyl (C=O) groups is 2. The SMILES string of the molecule is O=C(NCCC(=O)N1CCCC1c1ccc(F)cc1)c1ccc(F)cc1F. The zero-order valence-corrected chi connectivity index (χ0v) is 14.6. The number of halogens is 3. The largest absolute Gasteiger partial charge is 0.351 e. The van der Waals surface area contributed by atoms with E-state index in [1.54, 1.807) is 17.0 Å². The molecule has 1 unspecified atom stereocenters. The second kappa shape index (κ2) is 8.24. The molecule has 3 rings (SSSR count). The van der Waals surface area contributed by atoms with Crippen LogP contribution in [0.5, 0.6) is 0 Å². The van der Waals surface area contributed by atoms with Gasteiger partial charge >= 0.3 is 0 Å². The minimum Gasteiger partial charge on any atom is -0.351 e. The van der Waals surface area contributed by atoms with E-state index >= 15 is 0 Å². The number of carbonyl (C=O) groups excluding carboxylic acids is 2. The molecule has 1 aliphatic rings. The first-order valence-corrected chi connectivity index (χ1v) is 8.74. The highest BCUT2D eigenvalue weighted by atomic mass is 19.1. The number of hydrogen-bond donors (Lipinski definition) is 1. The Morgan fingerprint density at radius 2 is 1.74 bits per heavy atom. The van der Waals surface area contributed by atoms with Crippen LogP contribution >= 0.6 is 0 Å². The van der Waals surface area contributed by atoms with Crippen LogP contribution in [0, 0.1) is 17.5 Å². The maximum absolute atomic E-state index is 13.6. The van der Waals surface area contributed by atoms with Crippen LogP contribution in [0.2, 0.25) is 0 Å². The van der Waals surface area contributed by atoms with Crippen LogP contribution in [-0.2, 0) is 4.79 Å². The maximum Gasteiger partial charge on any atom is 0.254 e. The predicted molar refractivity (Wildman–Crippen MR) is 93.4 cm³/mol. The first kappa shape index (κ1) is 18.9. The zero-order valence-electron chi connectivity index (χ0n) is 14.6. The molecule has 1 aliphatic heterocycles. The lowest BCUT2D eigenvalue weighted by Gasteiger charge is -2.25. The monoisotopic (exact) mass is 376 g/mol. The lowest BCUT2D eigenvalue weighted by molar-refractivity contribution is -0.132. The van der Waals surface area contributed by atoms with E-state index in [1.807, 2.05) is 0 Å². The van der Waals surface area contributed by atoms with Crippen molar-refractivity contribution < 1.29 is 22.8 Å². The van der Waals surface area contributed by atoms with Gasteiger partial charge in [-0.15, -0.1) is 0 Å². The van der Waals surface area contributed by atoms with E-state index in [0.717, 1.165) is 30.5 Å². The highest BCUT2D eigenvalue weighted by Gasteiger charge is 2.29. The van der Waals surface area contributed by atoms with Crippen molar-refractivity contribution in [3.8, 4) is 0 Å². The summed E-state index contributed by atoms with van der Waals surface area (Å²) in [6, 6.07) is 8.67. The van der Waals surface area contributed by atoms with E-state index in [4.69, 9.17) is 0 Å². The van der Waals surface area contributed by atoms with Crippen LogP contribution in [0.15, 0.2) is 42.5 Å². The van der Waals surface area contributed by atoms with Gasteiger partial charge in [-0.25, -0.2) is 13.2 Å². The summed E-state index contributed by atoms with van der Waals surface area (Å²) in [7, 11) is 0. The molecule has 27 heavy (non-hydrogen) atoms. The fourth-order valence-corrected chi connectivity index (χ4v) is 3.29. The van der Waals surface area contributed by atoms with Crippen molar-refractivity contribution in [1.82, 2.24) is 10.2 Å². The first-order chi connectivity index (χ1) is 13.0. The molecule has 0 aromatic heterocycles. The Hall–Kier alpha value is -2.83. The summed E-state index contributed by atoms with van der Waals surface area (Å²) in [5, 5.41) is 2.48. The molecule has 1 heterocycles. The third-order valence-corrected chi connectivity index (χ3v) is 4.63. The quantitative estimate of drug-likeness (QED) is 0.867. The van der Waals surface area contributed by atoms with Crippen LogP contribution in [0.25, 0.3) is 0 Å². The van der Waals surface area contributed by atoms with E-state index in [2.05, 4.69) is 5.32 Å². The Morgan fingerprint density at radius 1 is 1.04 bits per heavy atom. The molecule has 1 N–H and O–H groups in total. The summed E-state index contributed by atoms with van der Waals surface area (Å²) in [5.41, 5.74) is 0.605. The molecule has 1 fully saturated rings. The molecule has 0 spiro atoms. The van der Waals surface area contributed by atoms with Crippen molar-refractivity contribution in [2.75, 3.05) is 13.1 Å². The van der Waals surface area contributed by atoms with Gasteiger partial charge in [-0.05, 0) is 42.7 Å². The number of likely N-dealkylation sites (tertiary alicyclic amines) is 1. The zero-order chi connectivity index (χ0) is 19.4. The number of amides is 2. The summed E-state index contributed by atoms with van der Waals surface area (Å²) in [6.07, 6.45) is 1.71. The fraction of sp³-hybridized carbons (Fsp3) is 0.300. The van der Waals surface area contributed by atoms with Crippen LogP contribution in [0.3, 0.4) is 0 Å². The van der Waals surface area contributed by atoms with Crippen molar-refractivity contribution in [3.63, 3.8) is 0 Å². The smallest absolute Gasteiger partial charge is 0.254 e. The molecule has 2 amide bonds. The predicted octanol–water partition coefficient (Wildman–Crippen LogP) is 3.59. The van der Waals surface area contributed by atoms with E-state index in [-0.39, 0.29) is 36.3 Å². The molecule has 2 aromatic carbocycles. The minimum absolute atomic E-state index is 0.0428. The molecule has 0 bridgehead atoms. The summed E-state index contributed by atoms with van der Waals surface area (Å²) < 4.78 is 39.6. The standard InChI is InChI=1S/C20H19F3N2O2/c21-14-5-3-13(4-6-14)18-2-1-11-25(18)19(26)9-10-24-20(27)16-8-7-15(22)12-17(16)23/h3-8,12,18H,1-2,9-11H2,(H,24,27). The second-order valence-electron chi connectivity index (χ2n) is 6.43. The Bertz CT molecular complexity index is 840. The highest BCUT2D eigenvalue weighted by molar-refractivity contribution is 5.94. The van der Waals surface area contributed by atoms with Crippen molar-refractivity contribution in [1.29, 1.82) is 0 Å². The molecule has 7 heteroatoms. The van der Waals surface area contributed by atoms with Crippen molar-refractivity contribution in [2.45, 2.75) is 25.3 Å². The van der Waals surface area contributed by atoms with Crippen LogP contribution in [0.1, 0.15) is 41.2 Å². The molecule has 2 aromatic rings. The Labute approximate surface area is 155 Å². The molecular formula is C20H19F3N2O2. The number of nitrogens with one attached hydrogen (secondary N) is 1. The molecule has 1 atom stereocenters. The third kappa shape index (κ3) is 4.48. The molecule has 0 radical (unpaired) electrons. The fourth-order valence-electron chi connectivity index (χ4n) is 3.29. The topological polar surface area (TPSA) is 49.4 Å². The second-order valence-corrected chi connectivity index (χ2v) is 6.43. The lowest BCUT2D eigenvalue weighted by Crippen LogP contribution is -2.34. The van der Waals surface area contributed by atoms with E-state index in [9.17, 15) is 22.8 Å². The first-order valence-electron chi connectivity index (χ1n) is 8.74. The number of benzene rings is 2. The maximum atomic E-state index is 13.6. The van der Waals surface area contributed by atoms with Crippen molar-refractivity contribution in [2.24, 2.45) is 0 Å². The van der Waals surface area contributed by atoms with E-state index < -0.39 is 17.5 Å². The molecule has 142 valence electrons. The third-order valence-electron chi connectivity index (χ3n) is 4.63. The van der Waals surface area contributed by atoms with Gasteiger partial charge in [0.05, 0.1) is 11.6 Å². The number of hydrogen-bond acceptors (Lipinski definition) is 2. The molecule has 0 aliphatic carbocycles. The van der Waals surface area contributed by atoms with Crippen LogP contribution in [-0.4, -0.2) is 29.8 Å². The Balaban J connectivity index is 1.55. The van der Waals surface area contributed by atoms with Crippen LogP contribution < -0.4 is 5.32 Å². The lowest BCUT2D eigenvalue weighted by atomic mass is 10.0. The van der Waals surface area contributed by atoms with Gasteiger partial charge in [-0.1, -0.05) is 12.1 Å². The van der Waals surface area contributed by atoms with E-state index in [0.29, 0.717) is 12.6 Å². The molecule has 4 nitrogen and oxygen atoms in total. The molecule has 1 saturated heterocycles. The minimum atomic E-state index is -0.949. The Kier molecular flexibility index (Phi) is 5.78. The highest BCUT2D eigenvalue weighted by Crippen LogP contribution is 2.32. The molecular weight excluding hydrogens is 357 g/mol. The van der Waals surface area contributed by atoms with Gasteiger partial charge in [0.1, 0.15) is 17.5 Å². The summed E-state index contributed by atoms with van der Waals surface area (Å²) in [5.74, 6) is -2.88. The average molecular weight is 376 g/mol. The summed E-state index contributed by atoms with van der Waals surface area (Å²) in [6.45, 7) is 0.641. The summed E-state index contributed by atoms with van der Waals surface area (Å²) in [4.78, 5) is 26.2. The number of nitrogens with zero attached hydrogens (tertiary/aromatic N) is 1. The summed E-state index contributed by atoms with van der Waals surface area (Å²) >= 11 is 0. The van der Waals surface area contributed by atoms with Crippen molar-refractivity contribution >= 4 is 11.8 Å². The van der Waals surface area contributed by atoms with Gasteiger partial charge in [0.25, 0.3) is 5.91 Å². The average Bonchev–Trinajstić information content (AvgIpc) is 3.12. The van der Waals surface area contributed by atoms with Gasteiger partial charge in [-0.2, -0.15) is 0 Å².